The van der Waals surface area contributed by atoms with Crippen LogP contribution >= 0.6 is 24.0 Å². The Morgan fingerprint density at radius 1 is 1.09 bits per heavy atom. The molecule has 1 amide bonds. The molecule has 0 saturated carbocycles. The molecule has 176 valence electrons. The number of nitrogens with zero attached hydrogens (tertiary/aromatic N) is 2. The van der Waals surface area contributed by atoms with E-state index in [0.717, 1.165) is 17.3 Å². The SMILES string of the molecule is COc1cc(C=C2SC(=S)N(c3ccc([N+](=O)[O-])cc3)C2=O)ccc1OC(=O)c1cccc(C)c1. The number of carbonyl (C=O) groups excluding carboxylic acids is 2. The molecule has 35 heavy (non-hydrogen) atoms. The summed E-state index contributed by atoms with van der Waals surface area (Å²) in [6, 6.07) is 17.6. The number of nitro groups is 1. The first-order valence-corrected chi connectivity index (χ1v) is 11.5. The molecule has 1 heterocycles. The van der Waals surface area contributed by atoms with Gasteiger partial charge in [-0.15, -0.1) is 0 Å². The fraction of sp³-hybridized carbons (Fsp3) is 0.0800. The van der Waals surface area contributed by atoms with Crippen LogP contribution in [0.25, 0.3) is 6.08 Å². The number of thioether (sulfide) groups is 1. The van der Waals surface area contributed by atoms with Gasteiger partial charge in [0.15, 0.2) is 15.8 Å². The number of ether oxygens (including phenoxy) is 2. The van der Waals surface area contributed by atoms with E-state index in [4.69, 9.17) is 21.7 Å². The predicted octanol–water partition coefficient (Wildman–Crippen LogP) is 5.54. The average molecular weight is 507 g/mol. The second-order valence-electron chi connectivity index (χ2n) is 7.46. The quantitative estimate of drug-likeness (QED) is 0.107. The van der Waals surface area contributed by atoms with Gasteiger partial charge in [-0.1, -0.05) is 47.7 Å². The highest BCUT2D eigenvalue weighted by molar-refractivity contribution is 8.27. The lowest BCUT2D eigenvalue weighted by atomic mass is 10.1. The molecule has 0 N–H and O–H groups in total. The number of aryl methyl sites for hydroxylation is 1. The van der Waals surface area contributed by atoms with Gasteiger partial charge in [0.25, 0.3) is 11.6 Å². The molecule has 0 aliphatic carbocycles. The first-order chi connectivity index (χ1) is 16.8. The van der Waals surface area contributed by atoms with Crippen molar-refractivity contribution in [2.75, 3.05) is 12.0 Å². The summed E-state index contributed by atoms with van der Waals surface area (Å²) < 4.78 is 11.2. The highest BCUT2D eigenvalue weighted by Gasteiger charge is 2.33. The summed E-state index contributed by atoms with van der Waals surface area (Å²) in [5.74, 6) is -0.285. The highest BCUT2D eigenvalue weighted by Crippen LogP contribution is 2.37. The third kappa shape index (κ3) is 5.23. The standard InChI is InChI=1S/C25H18N2O6S2/c1-15-4-3-5-17(12-15)24(29)33-20-11-6-16(13-21(20)32-2)14-22-23(28)26(25(34)35-22)18-7-9-19(10-8-18)27(30)31/h3-14H,1-2H3. The smallest absolute Gasteiger partial charge is 0.343 e. The zero-order chi connectivity index (χ0) is 25.1. The maximum Gasteiger partial charge on any atom is 0.343 e. The van der Waals surface area contributed by atoms with Gasteiger partial charge < -0.3 is 9.47 Å². The van der Waals surface area contributed by atoms with Gasteiger partial charge in [0.2, 0.25) is 0 Å². The van der Waals surface area contributed by atoms with Gasteiger partial charge >= 0.3 is 5.97 Å². The number of amides is 1. The summed E-state index contributed by atoms with van der Waals surface area (Å²) in [6.07, 6.45) is 1.65. The van der Waals surface area contributed by atoms with Gasteiger partial charge in [-0.3, -0.25) is 19.8 Å². The number of non-ortho nitro benzene ring substituents is 1. The van der Waals surface area contributed by atoms with Crippen LogP contribution in [0.5, 0.6) is 11.5 Å². The largest absolute Gasteiger partial charge is 0.493 e. The Morgan fingerprint density at radius 3 is 2.49 bits per heavy atom. The Balaban J connectivity index is 1.55. The summed E-state index contributed by atoms with van der Waals surface area (Å²) in [5.41, 5.74) is 2.36. The monoisotopic (exact) mass is 506 g/mol. The van der Waals surface area contributed by atoms with Crippen molar-refractivity contribution < 1.29 is 24.0 Å². The molecule has 8 nitrogen and oxygen atoms in total. The number of hydrogen-bond donors (Lipinski definition) is 0. The van der Waals surface area contributed by atoms with E-state index in [1.807, 2.05) is 13.0 Å². The molecule has 1 aliphatic rings. The van der Waals surface area contributed by atoms with E-state index >= 15 is 0 Å². The Morgan fingerprint density at radius 2 is 1.83 bits per heavy atom. The molecule has 0 bridgehead atoms. The molecule has 0 spiro atoms. The Labute approximate surface area is 210 Å². The van der Waals surface area contributed by atoms with Crippen molar-refractivity contribution in [1.29, 1.82) is 0 Å². The Bertz CT molecular complexity index is 1380. The van der Waals surface area contributed by atoms with Crippen LogP contribution in [0, 0.1) is 17.0 Å². The number of esters is 1. The topological polar surface area (TPSA) is 99.0 Å². The van der Waals surface area contributed by atoms with E-state index in [-0.39, 0.29) is 17.3 Å². The van der Waals surface area contributed by atoms with Gasteiger partial charge in [-0.05, 0) is 55.0 Å². The van der Waals surface area contributed by atoms with Crippen LogP contribution in [-0.2, 0) is 4.79 Å². The average Bonchev–Trinajstić information content (AvgIpc) is 3.12. The second-order valence-corrected chi connectivity index (χ2v) is 9.14. The molecular formula is C25H18N2O6S2. The summed E-state index contributed by atoms with van der Waals surface area (Å²) in [5, 5.41) is 10.9. The van der Waals surface area contributed by atoms with E-state index in [2.05, 4.69) is 0 Å². The van der Waals surface area contributed by atoms with Crippen molar-refractivity contribution in [2.45, 2.75) is 6.92 Å². The molecule has 0 radical (unpaired) electrons. The Kier molecular flexibility index (Phi) is 6.94. The lowest BCUT2D eigenvalue weighted by Gasteiger charge is -2.14. The fourth-order valence-electron chi connectivity index (χ4n) is 3.35. The van der Waals surface area contributed by atoms with Crippen LogP contribution in [0.1, 0.15) is 21.5 Å². The molecule has 0 atom stereocenters. The van der Waals surface area contributed by atoms with Gasteiger partial charge in [0, 0.05) is 12.1 Å². The lowest BCUT2D eigenvalue weighted by molar-refractivity contribution is -0.384. The lowest BCUT2D eigenvalue weighted by Crippen LogP contribution is -2.27. The van der Waals surface area contributed by atoms with Crippen LogP contribution < -0.4 is 14.4 Å². The molecule has 3 aromatic carbocycles. The van der Waals surface area contributed by atoms with E-state index in [0.29, 0.717) is 31.8 Å². The highest BCUT2D eigenvalue weighted by atomic mass is 32.2. The number of carbonyl (C=O) groups is 2. The van der Waals surface area contributed by atoms with Crippen molar-refractivity contribution in [1.82, 2.24) is 0 Å². The minimum Gasteiger partial charge on any atom is -0.493 e. The molecule has 1 saturated heterocycles. The van der Waals surface area contributed by atoms with Crippen molar-refractivity contribution in [3.8, 4) is 11.5 Å². The maximum absolute atomic E-state index is 13.0. The molecule has 1 fully saturated rings. The van der Waals surface area contributed by atoms with Crippen LogP contribution in [0.2, 0.25) is 0 Å². The first kappa shape index (κ1) is 24.1. The summed E-state index contributed by atoms with van der Waals surface area (Å²) in [6.45, 7) is 1.89. The number of thiocarbonyl (C=S) groups is 1. The molecular weight excluding hydrogens is 488 g/mol. The van der Waals surface area contributed by atoms with Crippen molar-refractivity contribution >= 4 is 57.6 Å². The molecule has 0 aromatic heterocycles. The number of nitro benzene ring substituents is 1. The van der Waals surface area contributed by atoms with Crippen LogP contribution in [-0.4, -0.2) is 28.2 Å². The molecule has 0 unspecified atom stereocenters. The van der Waals surface area contributed by atoms with Crippen LogP contribution in [0.3, 0.4) is 0 Å². The molecule has 3 aromatic rings. The zero-order valence-corrected chi connectivity index (χ0v) is 20.2. The first-order valence-electron chi connectivity index (χ1n) is 10.3. The fourth-order valence-corrected chi connectivity index (χ4v) is 4.65. The predicted molar refractivity (Wildman–Crippen MR) is 138 cm³/mol. The number of rotatable bonds is 6. The van der Waals surface area contributed by atoms with E-state index < -0.39 is 10.9 Å². The third-order valence-electron chi connectivity index (χ3n) is 5.05. The minimum atomic E-state index is -0.511. The van der Waals surface area contributed by atoms with Gasteiger partial charge in [-0.25, -0.2) is 4.79 Å². The van der Waals surface area contributed by atoms with Gasteiger partial charge in [0.05, 0.1) is 28.2 Å². The van der Waals surface area contributed by atoms with E-state index in [1.165, 1.54) is 36.3 Å². The number of benzene rings is 3. The maximum atomic E-state index is 13.0. The van der Waals surface area contributed by atoms with Crippen LogP contribution in [0.4, 0.5) is 11.4 Å². The third-order valence-corrected chi connectivity index (χ3v) is 6.36. The summed E-state index contributed by atoms with van der Waals surface area (Å²) in [4.78, 5) is 37.6. The van der Waals surface area contributed by atoms with Gasteiger partial charge in [-0.2, -0.15) is 0 Å². The minimum absolute atomic E-state index is 0.0787. The number of methoxy groups -OCH3 is 1. The number of anilines is 1. The molecule has 1 aliphatic heterocycles. The Hall–Kier alpha value is -4.02. The normalized spacial score (nSPS) is 14.3. The van der Waals surface area contributed by atoms with Crippen LogP contribution in [0.15, 0.2) is 71.6 Å². The van der Waals surface area contributed by atoms with Gasteiger partial charge in [0.1, 0.15) is 0 Å². The van der Waals surface area contributed by atoms with Crippen molar-refractivity contribution in [3.63, 3.8) is 0 Å². The number of hydrogen-bond acceptors (Lipinski definition) is 8. The van der Waals surface area contributed by atoms with E-state index in [1.54, 1.807) is 42.5 Å². The van der Waals surface area contributed by atoms with Crippen molar-refractivity contribution in [2.24, 2.45) is 0 Å². The molecule has 4 rings (SSSR count). The van der Waals surface area contributed by atoms with E-state index in [9.17, 15) is 19.7 Å². The van der Waals surface area contributed by atoms with Crippen molar-refractivity contribution in [3.05, 3.63) is 98.4 Å². The summed E-state index contributed by atoms with van der Waals surface area (Å²) >= 11 is 6.48. The zero-order valence-electron chi connectivity index (χ0n) is 18.6. The second kappa shape index (κ2) is 10.1. The summed E-state index contributed by atoms with van der Waals surface area (Å²) in [7, 11) is 1.46. The molecule has 10 heteroatoms.